The molecule has 0 saturated heterocycles. The lowest BCUT2D eigenvalue weighted by Crippen LogP contribution is -2.37. The maximum Gasteiger partial charge on any atom is 0.235 e. The molecule has 2 unspecified atom stereocenters. The topological polar surface area (TPSA) is 63.4 Å². The first-order chi connectivity index (χ1) is 6.34. The van der Waals surface area contributed by atoms with Gasteiger partial charge in [0.05, 0.1) is 0 Å². The Hall–Kier alpha value is -0.420. The van der Waals surface area contributed by atoms with Gasteiger partial charge in [0.1, 0.15) is 5.75 Å². The van der Waals surface area contributed by atoms with Crippen LogP contribution in [0.5, 0.6) is 0 Å². The van der Waals surface area contributed by atoms with Crippen molar-refractivity contribution in [1.29, 1.82) is 0 Å². The van der Waals surface area contributed by atoms with E-state index in [0.29, 0.717) is 5.75 Å². The van der Waals surface area contributed by atoms with Crippen molar-refractivity contribution in [1.82, 2.24) is 4.90 Å². The first-order valence-corrected chi connectivity index (χ1v) is 6.19. The largest absolute Gasteiger partial charge is 0.343 e. The van der Waals surface area contributed by atoms with Crippen LogP contribution in [-0.2, 0) is 15.6 Å². The van der Waals surface area contributed by atoms with Crippen molar-refractivity contribution >= 4 is 16.7 Å². The van der Waals surface area contributed by atoms with Gasteiger partial charge in [-0.25, -0.2) is 0 Å². The van der Waals surface area contributed by atoms with Crippen LogP contribution in [0.4, 0.5) is 0 Å². The van der Waals surface area contributed by atoms with Crippen LogP contribution in [0.2, 0.25) is 0 Å². The Bertz CT molecular complexity index is 217. The normalized spacial score (nSPS) is 15.3. The third kappa shape index (κ3) is 5.34. The molecule has 0 aliphatic carbocycles. The van der Waals surface area contributed by atoms with Crippen molar-refractivity contribution in [3.05, 3.63) is 0 Å². The fourth-order valence-corrected chi connectivity index (χ4v) is 2.06. The molecular weight excluding hydrogens is 200 g/mol. The molecule has 0 spiro atoms. The van der Waals surface area contributed by atoms with Crippen LogP contribution in [0.25, 0.3) is 0 Å². The third-order valence-corrected chi connectivity index (χ3v) is 3.37. The van der Waals surface area contributed by atoms with Gasteiger partial charge < -0.3 is 10.6 Å². The second-order valence-corrected chi connectivity index (χ2v) is 5.33. The number of carbonyl (C=O) groups excluding carboxylic acids is 1. The van der Waals surface area contributed by atoms with Crippen molar-refractivity contribution in [2.75, 3.05) is 18.6 Å². The molecule has 0 saturated carbocycles. The number of carbonyl (C=O) groups is 1. The van der Waals surface area contributed by atoms with Gasteiger partial charge in [-0.2, -0.15) is 0 Å². The molecule has 0 aliphatic heterocycles. The van der Waals surface area contributed by atoms with Gasteiger partial charge in [-0.05, 0) is 20.8 Å². The Labute approximate surface area is 88.3 Å². The predicted molar refractivity (Wildman–Crippen MR) is 59.4 cm³/mol. The van der Waals surface area contributed by atoms with E-state index in [-0.39, 0.29) is 23.7 Å². The summed E-state index contributed by atoms with van der Waals surface area (Å²) < 4.78 is 11.4. The molecule has 0 aliphatic rings. The zero-order chi connectivity index (χ0) is 11.3. The molecule has 1 amide bonds. The molecule has 0 bridgehead atoms. The van der Waals surface area contributed by atoms with E-state index in [1.807, 2.05) is 13.8 Å². The van der Waals surface area contributed by atoms with E-state index in [9.17, 15) is 9.00 Å². The molecule has 84 valence electrons. The molecule has 0 radical (unpaired) electrons. The molecule has 5 heteroatoms. The van der Waals surface area contributed by atoms with Gasteiger partial charge in [0.2, 0.25) is 5.91 Å². The second-order valence-electron chi connectivity index (χ2n) is 3.83. The van der Waals surface area contributed by atoms with Crippen molar-refractivity contribution in [2.45, 2.75) is 32.9 Å². The number of nitrogens with zero attached hydrogens (tertiary/aromatic N) is 1. The lowest BCUT2D eigenvalue weighted by molar-refractivity contribution is -0.128. The summed E-state index contributed by atoms with van der Waals surface area (Å²) in [5, 5.41) is 0. The average Bonchev–Trinajstić information content (AvgIpc) is 2.00. The lowest BCUT2D eigenvalue weighted by atomic mass is 10.3. The maximum atomic E-state index is 11.5. The quantitative estimate of drug-likeness (QED) is 0.706. The fraction of sp³-hybridized carbons (Fsp3) is 0.889. The monoisotopic (exact) mass is 220 g/mol. The highest BCUT2D eigenvalue weighted by atomic mass is 32.2. The molecule has 0 aromatic rings. The highest BCUT2D eigenvalue weighted by molar-refractivity contribution is 7.85. The molecule has 2 atom stereocenters. The highest BCUT2D eigenvalue weighted by Gasteiger charge is 2.15. The van der Waals surface area contributed by atoms with Crippen molar-refractivity contribution in [3.63, 3.8) is 0 Å². The molecule has 4 nitrogen and oxygen atoms in total. The molecule has 0 aromatic carbocycles. The third-order valence-electron chi connectivity index (χ3n) is 1.90. The van der Waals surface area contributed by atoms with E-state index in [0.717, 1.165) is 0 Å². The summed E-state index contributed by atoms with van der Waals surface area (Å²) >= 11 is 0. The van der Waals surface area contributed by atoms with E-state index in [1.165, 1.54) is 0 Å². The van der Waals surface area contributed by atoms with Crippen LogP contribution in [0.15, 0.2) is 0 Å². The van der Waals surface area contributed by atoms with Crippen molar-refractivity contribution in [2.24, 2.45) is 5.73 Å². The van der Waals surface area contributed by atoms with E-state index in [1.54, 1.807) is 18.9 Å². The van der Waals surface area contributed by atoms with E-state index in [2.05, 4.69) is 0 Å². The lowest BCUT2D eigenvalue weighted by Gasteiger charge is -2.21. The van der Waals surface area contributed by atoms with Crippen molar-refractivity contribution in [3.8, 4) is 0 Å². The Morgan fingerprint density at radius 3 is 2.29 bits per heavy atom. The zero-order valence-corrected chi connectivity index (χ0v) is 10.1. The Morgan fingerprint density at radius 1 is 1.43 bits per heavy atom. The molecule has 0 aromatic heterocycles. The molecule has 0 fully saturated rings. The molecule has 0 heterocycles. The minimum absolute atomic E-state index is 0.0796. The second kappa shape index (κ2) is 6.14. The van der Waals surface area contributed by atoms with Crippen LogP contribution in [0, 0.1) is 0 Å². The van der Waals surface area contributed by atoms with Crippen molar-refractivity contribution < 1.29 is 9.00 Å². The van der Waals surface area contributed by atoms with Gasteiger partial charge in [0, 0.05) is 35.7 Å². The summed E-state index contributed by atoms with van der Waals surface area (Å²) in [5.74, 6) is 0.382. The smallest absolute Gasteiger partial charge is 0.235 e. The first-order valence-electron chi connectivity index (χ1n) is 4.70. The fourth-order valence-electron chi connectivity index (χ4n) is 0.880. The number of hydrogen-bond donors (Lipinski definition) is 1. The minimum atomic E-state index is -1.13. The average molecular weight is 220 g/mol. The van der Waals surface area contributed by atoms with Gasteiger partial charge in [0.25, 0.3) is 0 Å². The summed E-state index contributed by atoms with van der Waals surface area (Å²) in [5.41, 5.74) is 5.49. The summed E-state index contributed by atoms with van der Waals surface area (Å²) in [4.78, 5) is 13.1. The van der Waals surface area contributed by atoms with E-state index in [4.69, 9.17) is 5.73 Å². The van der Waals surface area contributed by atoms with Crippen LogP contribution >= 0.6 is 0 Å². The number of amides is 1. The van der Waals surface area contributed by atoms with Crippen LogP contribution in [0.1, 0.15) is 20.8 Å². The van der Waals surface area contributed by atoms with E-state index >= 15 is 0 Å². The predicted octanol–water partition coefficient (Wildman–Crippen LogP) is -0.0509. The molecule has 2 N–H and O–H groups in total. The standard InChI is InChI=1S/C9H20N2O2S/c1-7(2)11(4)9(12)6-14(13)5-8(3)10/h7-8H,5-6,10H2,1-4H3. The Balaban J connectivity index is 4.00. The van der Waals surface area contributed by atoms with Gasteiger partial charge in [-0.1, -0.05) is 0 Å². The van der Waals surface area contributed by atoms with E-state index < -0.39 is 10.8 Å². The van der Waals surface area contributed by atoms with Crippen LogP contribution in [0.3, 0.4) is 0 Å². The summed E-state index contributed by atoms with van der Waals surface area (Å²) in [6.45, 7) is 5.63. The van der Waals surface area contributed by atoms with Crippen LogP contribution in [-0.4, -0.2) is 45.7 Å². The van der Waals surface area contributed by atoms with Gasteiger partial charge in [-0.3, -0.25) is 9.00 Å². The van der Waals surface area contributed by atoms with Crippen LogP contribution < -0.4 is 5.73 Å². The molecular formula is C9H20N2O2S. The minimum Gasteiger partial charge on any atom is -0.343 e. The summed E-state index contributed by atoms with van der Waals surface area (Å²) in [6, 6.07) is 0.0304. The van der Waals surface area contributed by atoms with Gasteiger partial charge in [0.15, 0.2) is 0 Å². The highest BCUT2D eigenvalue weighted by Crippen LogP contribution is 1.97. The summed E-state index contributed by atoms with van der Waals surface area (Å²) in [7, 11) is 0.585. The zero-order valence-electron chi connectivity index (χ0n) is 9.32. The Kier molecular flexibility index (Phi) is 5.95. The number of nitrogens with two attached hydrogens (primary N) is 1. The summed E-state index contributed by atoms with van der Waals surface area (Å²) in [6.07, 6.45) is 0. The SMILES string of the molecule is CC(N)CS(=O)CC(=O)N(C)C(C)C. The molecule has 0 rings (SSSR count). The number of rotatable bonds is 5. The van der Waals surface area contributed by atoms with Gasteiger partial charge >= 0.3 is 0 Å². The first kappa shape index (κ1) is 13.6. The molecule has 14 heavy (non-hydrogen) atoms. The van der Waals surface area contributed by atoms with Gasteiger partial charge in [-0.15, -0.1) is 0 Å². The Morgan fingerprint density at radius 2 is 1.93 bits per heavy atom. The number of hydrogen-bond acceptors (Lipinski definition) is 3. The maximum absolute atomic E-state index is 11.5.